The van der Waals surface area contributed by atoms with E-state index in [-0.39, 0.29) is 18.5 Å². The van der Waals surface area contributed by atoms with Crippen molar-refractivity contribution in [1.29, 1.82) is 0 Å². The van der Waals surface area contributed by atoms with Crippen molar-refractivity contribution in [2.75, 3.05) is 20.1 Å². The summed E-state index contributed by atoms with van der Waals surface area (Å²) in [6.07, 6.45) is -0.415. The van der Waals surface area contributed by atoms with Crippen LogP contribution in [-0.2, 0) is 9.53 Å². The van der Waals surface area contributed by atoms with Gasteiger partial charge in [0.25, 0.3) is 0 Å². The number of nitrogens with zero attached hydrogens (tertiary/aromatic N) is 2. The molecule has 0 spiro atoms. The van der Waals surface area contributed by atoms with Crippen molar-refractivity contribution in [2.45, 2.75) is 39.3 Å². The smallest absolute Gasteiger partial charge is 0.411 e. The summed E-state index contributed by atoms with van der Waals surface area (Å²) >= 11 is 0. The van der Waals surface area contributed by atoms with Crippen LogP contribution in [0.2, 0.25) is 0 Å². The van der Waals surface area contributed by atoms with Crippen LogP contribution in [0.5, 0.6) is 0 Å². The van der Waals surface area contributed by atoms with Gasteiger partial charge in [0.2, 0.25) is 5.91 Å². The average molecular weight is 228 g/mol. The molecule has 1 fully saturated rings. The molecule has 0 bridgehead atoms. The first kappa shape index (κ1) is 12.8. The van der Waals surface area contributed by atoms with Crippen LogP contribution >= 0.6 is 0 Å². The molecule has 1 rings (SSSR count). The first-order valence-electron chi connectivity index (χ1n) is 5.44. The summed E-state index contributed by atoms with van der Waals surface area (Å²) in [5.74, 6) is -0.0519. The van der Waals surface area contributed by atoms with E-state index in [1.54, 1.807) is 11.9 Å². The number of amides is 2. The van der Waals surface area contributed by atoms with Gasteiger partial charge in [-0.15, -0.1) is 0 Å². The molecule has 1 saturated heterocycles. The number of piperazine rings is 1. The van der Waals surface area contributed by atoms with Gasteiger partial charge in [-0.1, -0.05) is 0 Å². The molecule has 0 aromatic heterocycles. The van der Waals surface area contributed by atoms with E-state index < -0.39 is 11.7 Å². The van der Waals surface area contributed by atoms with Gasteiger partial charge >= 0.3 is 6.09 Å². The van der Waals surface area contributed by atoms with Crippen LogP contribution in [0.15, 0.2) is 0 Å². The fourth-order valence-corrected chi connectivity index (χ4v) is 1.58. The van der Waals surface area contributed by atoms with Crippen LogP contribution < -0.4 is 0 Å². The average Bonchev–Trinajstić information content (AvgIpc) is 2.08. The Hall–Kier alpha value is -1.26. The predicted molar refractivity (Wildman–Crippen MR) is 60.0 cm³/mol. The molecule has 1 aliphatic heterocycles. The molecule has 1 heterocycles. The van der Waals surface area contributed by atoms with Crippen molar-refractivity contribution in [2.24, 2.45) is 0 Å². The Labute approximate surface area is 96.3 Å². The van der Waals surface area contributed by atoms with Crippen molar-refractivity contribution in [3.05, 3.63) is 0 Å². The highest BCUT2D eigenvalue weighted by Crippen LogP contribution is 2.15. The lowest BCUT2D eigenvalue weighted by Crippen LogP contribution is -2.56. The van der Waals surface area contributed by atoms with Gasteiger partial charge in [-0.25, -0.2) is 4.79 Å². The fourth-order valence-electron chi connectivity index (χ4n) is 1.58. The third-order valence-corrected chi connectivity index (χ3v) is 2.43. The maximum absolute atomic E-state index is 11.8. The molecule has 0 aromatic rings. The van der Waals surface area contributed by atoms with E-state index in [2.05, 4.69) is 0 Å². The third kappa shape index (κ3) is 3.12. The summed E-state index contributed by atoms with van der Waals surface area (Å²) < 4.78 is 5.25. The van der Waals surface area contributed by atoms with Crippen molar-refractivity contribution in [3.8, 4) is 0 Å². The van der Waals surface area contributed by atoms with Gasteiger partial charge in [0, 0.05) is 13.6 Å². The van der Waals surface area contributed by atoms with Gasteiger partial charge in [-0.3, -0.25) is 9.69 Å². The number of hydrogen-bond acceptors (Lipinski definition) is 3. The molecule has 0 N–H and O–H groups in total. The normalized spacial score (nSPS) is 22.3. The minimum atomic E-state index is -0.525. The van der Waals surface area contributed by atoms with Crippen LogP contribution in [0.1, 0.15) is 27.7 Å². The molecule has 1 atom stereocenters. The lowest BCUT2D eigenvalue weighted by Gasteiger charge is -2.38. The van der Waals surface area contributed by atoms with Gasteiger partial charge in [-0.2, -0.15) is 0 Å². The lowest BCUT2D eigenvalue weighted by molar-refractivity contribution is -0.136. The van der Waals surface area contributed by atoms with Crippen molar-refractivity contribution in [3.63, 3.8) is 0 Å². The number of hydrogen-bond donors (Lipinski definition) is 0. The Bertz CT molecular complexity index is 296. The number of carbonyl (C=O) groups is 2. The minimum Gasteiger partial charge on any atom is -0.444 e. The zero-order valence-electron chi connectivity index (χ0n) is 10.6. The second-order valence-electron chi connectivity index (χ2n) is 5.23. The molecule has 0 aliphatic carbocycles. The van der Waals surface area contributed by atoms with Crippen molar-refractivity contribution < 1.29 is 14.3 Å². The largest absolute Gasteiger partial charge is 0.444 e. The number of likely N-dealkylation sites (N-methyl/N-ethyl adjacent to an activating group) is 1. The number of carbonyl (C=O) groups excluding carboxylic acids is 2. The summed E-state index contributed by atoms with van der Waals surface area (Å²) in [6, 6.07) is -0.00227. The topological polar surface area (TPSA) is 49.9 Å². The van der Waals surface area contributed by atoms with Crippen LogP contribution in [0, 0.1) is 0 Å². The molecule has 0 unspecified atom stereocenters. The predicted octanol–water partition coefficient (Wildman–Crippen LogP) is 1.08. The highest BCUT2D eigenvalue weighted by atomic mass is 16.6. The quantitative estimate of drug-likeness (QED) is 0.623. The zero-order valence-corrected chi connectivity index (χ0v) is 10.6. The van der Waals surface area contributed by atoms with Crippen LogP contribution in [0.25, 0.3) is 0 Å². The van der Waals surface area contributed by atoms with Gasteiger partial charge in [0.15, 0.2) is 0 Å². The first-order chi connectivity index (χ1) is 7.20. The third-order valence-electron chi connectivity index (χ3n) is 2.43. The summed E-state index contributed by atoms with van der Waals surface area (Å²) in [4.78, 5) is 26.4. The van der Waals surface area contributed by atoms with E-state index in [1.165, 1.54) is 4.90 Å². The Kier molecular flexibility index (Phi) is 3.45. The monoisotopic (exact) mass is 228 g/mol. The minimum absolute atomic E-state index is 0.00227. The number of ether oxygens (including phenoxy) is 1. The van der Waals surface area contributed by atoms with E-state index in [0.29, 0.717) is 6.54 Å². The van der Waals surface area contributed by atoms with Gasteiger partial charge in [-0.05, 0) is 27.7 Å². The highest BCUT2D eigenvalue weighted by Gasteiger charge is 2.33. The zero-order chi connectivity index (χ0) is 12.5. The molecule has 5 heteroatoms. The Morgan fingerprint density at radius 2 is 2.00 bits per heavy atom. The van der Waals surface area contributed by atoms with E-state index in [1.807, 2.05) is 27.7 Å². The maximum Gasteiger partial charge on any atom is 0.411 e. The van der Waals surface area contributed by atoms with Crippen molar-refractivity contribution >= 4 is 12.0 Å². The second-order valence-corrected chi connectivity index (χ2v) is 5.23. The standard InChI is InChI=1S/C11H20N2O3/c1-8-6-12(5)9(14)7-13(8)10(15)16-11(2,3)4/h8H,6-7H2,1-5H3/t8-/m0/s1. The van der Waals surface area contributed by atoms with E-state index in [9.17, 15) is 9.59 Å². The highest BCUT2D eigenvalue weighted by molar-refractivity contribution is 5.83. The second kappa shape index (κ2) is 4.31. The Morgan fingerprint density at radius 3 is 2.50 bits per heavy atom. The first-order valence-corrected chi connectivity index (χ1v) is 5.44. The summed E-state index contributed by atoms with van der Waals surface area (Å²) in [5.41, 5.74) is -0.525. The SMILES string of the molecule is C[C@H]1CN(C)C(=O)CN1C(=O)OC(C)(C)C. The summed E-state index contributed by atoms with van der Waals surface area (Å²) in [7, 11) is 1.74. The van der Waals surface area contributed by atoms with Gasteiger partial charge in [0.05, 0.1) is 6.04 Å². The molecule has 92 valence electrons. The van der Waals surface area contributed by atoms with E-state index in [0.717, 1.165) is 0 Å². The Balaban J connectivity index is 2.66. The molecule has 16 heavy (non-hydrogen) atoms. The Morgan fingerprint density at radius 1 is 1.44 bits per heavy atom. The summed E-state index contributed by atoms with van der Waals surface area (Å²) in [6.45, 7) is 8.01. The molecule has 5 nitrogen and oxygen atoms in total. The van der Waals surface area contributed by atoms with Crippen LogP contribution in [0.3, 0.4) is 0 Å². The molecule has 0 radical (unpaired) electrons. The van der Waals surface area contributed by atoms with Crippen LogP contribution in [-0.4, -0.2) is 53.6 Å². The summed E-state index contributed by atoms with van der Waals surface area (Å²) in [5, 5.41) is 0. The van der Waals surface area contributed by atoms with Crippen molar-refractivity contribution in [1.82, 2.24) is 9.80 Å². The molecule has 2 amide bonds. The van der Waals surface area contributed by atoms with E-state index in [4.69, 9.17) is 4.74 Å². The van der Waals surface area contributed by atoms with Crippen LogP contribution in [0.4, 0.5) is 4.79 Å². The maximum atomic E-state index is 11.8. The molecular weight excluding hydrogens is 208 g/mol. The molecular formula is C11H20N2O3. The fraction of sp³-hybridized carbons (Fsp3) is 0.818. The van der Waals surface area contributed by atoms with Gasteiger partial charge < -0.3 is 9.64 Å². The lowest BCUT2D eigenvalue weighted by atomic mass is 10.2. The molecule has 0 aromatic carbocycles. The van der Waals surface area contributed by atoms with Gasteiger partial charge in [0.1, 0.15) is 12.1 Å². The number of rotatable bonds is 0. The molecule has 1 aliphatic rings. The molecule has 0 saturated carbocycles. The van der Waals surface area contributed by atoms with E-state index >= 15 is 0 Å².